The molecule has 0 heterocycles. The molecule has 0 radical (unpaired) electrons. The first-order valence-electron chi connectivity index (χ1n) is 0.894. The largest absolute Gasteiger partial charge is 1.00 e. The zero-order valence-electron chi connectivity index (χ0n) is 4.79. The van der Waals surface area contributed by atoms with Crippen LogP contribution in [0.3, 0.4) is 0 Å². The third-order valence-corrected chi connectivity index (χ3v) is 0. The second-order valence-corrected chi connectivity index (χ2v) is 1.80. The molecule has 0 saturated heterocycles. The van der Waals surface area contributed by atoms with Crippen LogP contribution < -0.4 is 68.9 Å². The van der Waals surface area contributed by atoms with Crippen molar-refractivity contribution in [2.75, 3.05) is 0 Å². The van der Waals surface area contributed by atoms with Gasteiger partial charge >= 0.3 is 77.9 Å². The van der Waals surface area contributed by atoms with Crippen molar-refractivity contribution in [1.82, 2.24) is 0 Å². The summed E-state index contributed by atoms with van der Waals surface area (Å²) in [5.74, 6) is 0. The van der Waals surface area contributed by atoms with Crippen LogP contribution >= 0.6 is 0 Å². The number of hydrogen-bond acceptors (Lipinski definition) is 4. The van der Waals surface area contributed by atoms with E-state index < -0.39 is 9.05 Å². The second kappa shape index (κ2) is 6.94. The Morgan fingerprint density at radius 3 is 1.00 bits per heavy atom. The summed E-state index contributed by atoms with van der Waals surface area (Å²) in [7, 11) is -4.61. The average molecular weight is 278 g/mol. The van der Waals surface area contributed by atoms with Crippen LogP contribution in [0.5, 0.6) is 0 Å². The fourth-order valence-electron chi connectivity index (χ4n) is 0. The van der Waals surface area contributed by atoms with E-state index in [2.05, 4.69) is 0 Å². The molecule has 0 aromatic heterocycles. The summed E-state index contributed by atoms with van der Waals surface area (Å²) in [6.45, 7) is 0. The van der Waals surface area contributed by atoms with Gasteiger partial charge in [0.05, 0.1) is 0 Å². The van der Waals surface area contributed by atoms with Gasteiger partial charge in [0.2, 0.25) is 0 Å². The van der Waals surface area contributed by atoms with Gasteiger partial charge < -0.3 is 20.6 Å². The standard InChI is InChI=1S/Cs.H4O4Si.Ti.H/c;1-5(2,3)4;;/h;1-4H;;/q+1;;;-1. The van der Waals surface area contributed by atoms with E-state index in [0.717, 1.165) is 0 Å². The molecule has 0 fully saturated rings. The van der Waals surface area contributed by atoms with Crippen molar-refractivity contribution >= 4 is 9.05 Å². The summed E-state index contributed by atoms with van der Waals surface area (Å²) in [5.41, 5.74) is 0. The smallest absolute Gasteiger partial charge is 1.00 e. The molecular weight excluding hydrogens is 273 g/mol. The molecule has 0 atom stereocenters. The predicted molar refractivity (Wildman–Crippen MR) is 15.7 cm³/mol. The Labute approximate surface area is 117 Å². The second-order valence-electron chi connectivity index (χ2n) is 0.600. The molecule has 0 aromatic carbocycles. The molecular formula is H5CsO4SiTi. The van der Waals surface area contributed by atoms with Gasteiger partial charge in [-0.1, -0.05) is 0 Å². The Bertz CT molecular complexity index is 31.5. The van der Waals surface area contributed by atoms with Gasteiger partial charge in [0.25, 0.3) is 0 Å². The fourth-order valence-corrected chi connectivity index (χ4v) is 0. The zero-order valence-corrected chi connectivity index (χ0v) is 12.6. The van der Waals surface area contributed by atoms with E-state index >= 15 is 0 Å². The Morgan fingerprint density at radius 1 is 1.00 bits per heavy atom. The molecule has 0 amide bonds. The molecule has 0 bridgehead atoms. The van der Waals surface area contributed by atoms with Gasteiger partial charge in [0.15, 0.2) is 0 Å². The van der Waals surface area contributed by atoms with Gasteiger partial charge in [0, 0.05) is 21.7 Å². The minimum Gasteiger partial charge on any atom is -1.00 e. The van der Waals surface area contributed by atoms with E-state index in [-0.39, 0.29) is 92.0 Å². The maximum Gasteiger partial charge on any atom is 1.00 e. The van der Waals surface area contributed by atoms with Gasteiger partial charge in [-0.05, 0) is 0 Å². The van der Waals surface area contributed by atoms with E-state index in [1.807, 2.05) is 0 Å². The van der Waals surface area contributed by atoms with Crippen molar-refractivity contribution in [1.29, 1.82) is 0 Å². The first kappa shape index (κ1) is 16.4. The first-order chi connectivity index (χ1) is 2.00. The van der Waals surface area contributed by atoms with Crippen LogP contribution in [0, 0.1) is 0 Å². The Hall–Kier alpha value is 2.82. The van der Waals surface area contributed by atoms with Crippen molar-refractivity contribution in [3.05, 3.63) is 0 Å². The summed E-state index contributed by atoms with van der Waals surface area (Å²) >= 11 is 0. The van der Waals surface area contributed by atoms with Crippen molar-refractivity contribution in [3.8, 4) is 0 Å². The SMILES string of the molecule is O[Si](O)(O)O.[Cs+].[H-].[Ti]. The van der Waals surface area contributed by atoms with Crippen LogP contribution in [0.4, 0.5) is 0 Å². The Morgan fingerprint density at radius 2 is 1.00 bits per heavy atom. The maximum absolute atomic E-state index is 7.33. The summed E-state index contributed by atoms with van der Waals surface area (Å²) in [6, 6.07) is 0. The van der Waals surface area contributed by atoms with Crippen LogP contribution in [0.2, 0.25) is 0 Å². The van der Waals surface area contributed by atoms with Gasteiger partial charge in [-0.2, -0.15) is 0 Å². The van der Waals surface area contributed by atoms with Crippen LogP contribution in [0.15, 0.2) is 0 Å². The summed E-state index contributed by atoms with van der Waals surface area (Å²) in [5, 5.41) is 0. The predicted octanol–water partition coefficient (Wildman–Crippen LogP) is -5.49. The minimum absolute atomic E-state index is 0. The normalized spacial score (nSPS) is 8.57. The first-order valence-corrected chi connectivity index (χ1v) is 2.68. The van der Waals surface area contributed by atoms with E-state index in [1.165, 1.54) is 0 Å². The van der Waals surface area contributed by atoms with Gasteiger partial charge in [0.1, 0.15) is 0 Å². The van der Waals surface area contributed by atoms with E-state index in [0.29, 0.717) is 0 Å². The summed E-state index contributed by atoms with van der Waals surface area (Å²) in [4.78, 5) is 29.3. The van der Waals surface area contributed by atoms with E-state index in [4.69, 9.17) is 19.2 Å². The van der Waals surface area contributed by atoms with E-state index in [1.54, 1.807) is 0 Å². The molecule has 0 rings (SSSR count). The number of rotatable bonds is 0. The van der Waals surface area contributed by atoms with Gasteiger partial charge in [-0.25, -0.2) is 0 Å². The molecule has 7 heteroatoms. The average Bonchev–Trinajstić information content (AvgIpc) is 0.722. The Kier molecular flexibility index (Phi) is 16.3. The minimum atomic E-state index is -4.61. The van der Waals surface area contributed by atoms with Crippen LogP contribution in [0.25, 0.3) is 0 Å². The van der Waals surface area contributed by atoms with Crippen LogP contribution in [-0.4, -0.2) is 28.2 Å². The van der Waals surface area contributed by atoms with E-state index in [9.17, 15) is 0 Å². The molecule has 7 heavy (non-hydrogen) atoms. The third kappa shape index (κ3) is 51.5. The molecule has 4 nitrogen and oxygen atoms in total. The molecule has 4 N–H and O–H groups in total. The van der Waals surface area contributed by atoms with Crippen molar-refractivity contribution in [3.63, 3.8) is 0 Å². The summed E-state index contributed by atoms with van der Waals surface area (Å²) < 4.78 is 0. The molecule has 0 spiro atoms. The maximum atomic E-state index is 7.33. The molecule has 0 aliphatic carbocycles. The molecule has 38 valence electrons. The topological polar surface area (TPSA) is 80.9 Å². The molecule has 0 saturated carbocycles. The van der Waals surface area contributed by atoms with Crippen molar-refractivity contribution in [2.45, 2.75) is 0 Å². The molecule has 0 aromatic rings. The van der Waals surface area contributed by atoms with Crippen molar-refractivity contribution < 1.29 is 111 Å². The van der Waals surface area contributed by atoms with Gasteiger partial charge in [-0.3, -0.25) is 0 Å². The molecule has 0 aliphatic heterocycles. The van der Waals surface area contributed by atoms with Crippen LogP contribution in [-0.2, 0) is 21.7 Å². The zero-order chi connectivity index (χ0) is 4.50. The monoisotopic (exact) mass is 278 g/mol. The quantitative estimate of drug-likeness (QED) is 0.333. The Balaban J connectivity index is -0.0000000267. The fraction of sp³-hybridized carbons (Fsp3) is 0. The molecule has 0 aliphatic rings. The molecule has 0 unspecified atom stereocenters. The van der Waals surface area contributed by atoms with Gasteiger partial charge in [-0.15, -0.1) is 0 Å². The summed E-state index contributed by atoms with van der Waals surface area (Å²) in [6.07, 6.45) is 0. The number of hydrogen-bond donors (Lipinski definition) is 4. The van der Waals surface area contributed by atoms with Crippen LogP contribution in [0.1, 0.15) is 1.43 Å². The third-order valence-electron chi connectivity index (χ3n) is 0. The van der Waals surface area contributed by atoms with Crippen molar-refractivity contribution in [2.24, 2.45) is 0 Å².